The van der Waals surface area contributed by atoms with Gasteiger partial charge in [0.2, 0.25) is 0 Å². The number of anilines is 1. The molecule has 0 atom stereocenters. The van der Waals surface area contributed by atoms with Gasteiger partial charge >= 0.3 is 0 Å². The Bertz CT molecular complexity index is 369. The van der Waals surface area contributed by atoms with Crippen molar-refractivity contribution in [3.05, 3.63) is 29.3 Å². The Morgan fingerprint density at radius 1 is 1.35 bits per heavy atom. The van der Waals surface area contributed by atoms with Crippen LogP contribution in [0.5, 0.6) is 0 Å². The maximum atomic E-state index is 5.70. The average Bonchev–Trinajstić information content (AvgIpc) is 2.24. The Morgan fingerprint density at radius 2 is 2.12 bits per heavy atom. The van der Waals surface area contributed by atoms with Crippen LogP contribution in [0.4, 0.5) is 5.69 Å². The molecular weight excluding hydrogens is 208 g/mol. The Hall–Kier alpha value is -1.02. The third-order valence-corrected chi connectivity index (χ3v) is 3.82. The van der Waals surface area contributed by atoms with Crippen LogP contribution in [0.25, 0.3) is 0 Å². The first-order valence-corrected chi connectivity index (χ1v) is 6.71. The van der Waals surface area contributed by atoms with Crippen molar-refractivity contribution in [1.29, 1.82) is 0 Å². The van der Waals surface area contributed by atoms with E-state index in [4.69, 9.17) is 5.73 Å². The zero-order chi connectivity index (χ0) is 12.3. The Morgan fingerprint density at radius 3 is 2.71 bits per heavy atom. The number of nitrogens with two attached hydrogens (primary N) is 1. The molecular formula is C15H24N2. The van der Waals surface area contributed by atoms with Gasteiger partial charge in [-0.05, 0) is 50.3 Å². The molecule has 1 aromatic rings. The highest BCUT2D eigenvalue weighted by Gasteiger charge is 2.20. The Kier molecular flexibility index (Phi) is 4.06. The first-order valence-electron chi connectivity index (χ1n) is 6.71. The number of aryl methyl sites for hydroxylation is 1. The van der Waals surface area contributed by atoms with Gasteiger partial charge in [0.05, 0.1) is 0 Å². The molecule has 17 heavy (non-hydrogen) atoms. The van der Waals surface area contributed by atoms with E-state index in [1.165, 1.54) is 42.6 Å². The van der Waals surface area contributed by atoms with Crippen LogP contribution in [0, 0.1) is 12.8 Å². The van der Waals surface area contributed by atoms with Gasteiger partial charge in [0.1, 0.15) is 0 Å². The smallest absolute Gasteiger partial charge is 0.0396 e. The normalized spacial score (nSPS) is 15.7. The summed E-state index contributed by atoms with van der Waals surface area (Å²) in [5, 5.41) is 0. The van der Waals surface area contributed by atoms with E-state index in [0.29, 0.717) is 0 Å². The van der Waals surface area contributed by atoms with E-state index in [9.17, 15) is 0 Å². The maximum absolute atomic E-state index is 5.70. The van der Waals surface area contributed by atoms with Crippen LogP contribution >= 0.6 is 0 Å². The van der Waals surface area contributed by atoms with Gasteiger partial charge in [0, 0.05) is 19.3 Å². The van der Waals surface area contributed by atoms with Crippen molar-refractivity contribution in [2.75, 3.05) is 25.0 Å². The second-order valence-electron chi connectivity index (χ2n) is 5.35. The molecule has 0 saturated heterocycles. The van der Waals surface area contributed by atoms with Gasteiger partial charge in [-0.1, -0.05) is 24.1 Å². The molecule has 2 nitrogen and oxygen atoms in total. The summed E-state index contributed by atoms with van der Waals surface area (Å²) in [6, 6.07) is 6.73. The summed E-state index contributed by atoms with van der Waals surface area (Å²) in [6.45, 7) is 4.07. The van der Waals surface area contributed by atoms with Crippen LogP contribution in [0.2, 0.25) is 0 Å². The van der Waals surface area contributed by atoms with E-state index in [0.717, 1.165) is 18.9 Å². The van der Waals surface area contributed by atoms with Crippen molar-refractivity contribution >= 4 is 5.69 Å². The number of hydrogen-bond acceptors (Lipinski definition) is 2. The Labute approximate surface area is 105 Å². The van der Waals surface area contributed by atoms with Crippen LogP contribution in [-0.4, -0.2) is 20.1 Å². The molecule has 1 saturated carbocycles. The highest BCUT2D eigenvalue weighted by Crippen LogP contribution is 2.29. The molecule has 1 aliphatic rings. The summed E-state index contributed by atoms with van der Waals surface area (Å²) in [4.78, 5) is 2.41. The van der Waals surface area contributed by atoms with Crippen LogP contribution in [0.1, 0.15) is 30.4 Å². The molecule has 2 rings (SSSR count). The van der Waals surface area contributed by atoms with Crippen molar-refractivity contribution < 1.29 is 0 Å². The van der Waals surface area contributed by atoms with Crippen LogP contribution in [0.3, 0.4) is 0 Å². The van der Waals surface area contributed by atoms with Gasteiger partial charge < -0.3 is 10.6 Å². The third-order valence-electron chi connectivity index (χ3n) is 3.82. The topological polar surface area (TPSA) is 29.3 Å². The zero-order valence-corrected chi connectivity index (χ0v) is 11.1. The standard InChI is InChI=1S/C15H24N2/c1-12-6-7-15(14(10-12)8-9-16)17(2)11-13-4-3-5-13/h6-7,10,13H,3-5,8-9,11,16H2,1-2H3. The minimum atomic E-state index is 0.730. The van der Waals surface area contributed by atoms with E-state index >= 15 is 0 Å². The first kappa shape index (κ1) is 12.4. The molecule has 0 amide bonds. The Balaban J connectivity index is 2.11. The molecule has 0 unspecified atom stereocenters. The molecule has 0 radical (unpaired) electrons. The molecule has 0 heterocycles. The largest absolute Gasteiger partial charge is 0.374 e. The number of rotatable bonds is 5. The van der Waals surface area contributed by atoms with Gasteiger partial charge in [-0.3, -0.25) is 0 Å². The molecule has 2 heteroatoms. The molecule has 94 valence electrons. The molecule has 2 N–H and O–H groups in total. The summed E-state index contributed by atoms with van der Waals surface area (Å²) < 4.78 is 0. The van der Waals surface area contributed by atoms with Gasteiger partial charge in [-0.15, -0.1) is 0 Å². The molecule has 1 aliphatic carbocycles. The highest BCUT2D eigenvalue weighted by molar-refractivity contribution is 5.54. The quantitative estimate of drug-likeness (QED) is 0.846. The summed E-state index contributed by atoms with van der Waals surface area (Å²) in [6.07, 6.45) is 5.21. The monoisotopic (exact) mass is 232 g/mol. The van der Waals surface area contributed by atoms with E-state index in [1.54, 1.807) is 0 Å². The fourth-order valence-electron chi connectivity index (χ4n) is 2.60. The molecule has 0 spiro atoms. The van der Waals surface area contributed by atoms with Crippen LogP contribution in [0.15, 0.2) is 18.2 Å². The van der Waals surface area contributed by atoms with E-state index in [1.807, 2.05) is 0 Å². The first-order chi connectivity index (χ1) is 8.20. The molecule has 0 aliphatic heterocycles. The summed E-state index contributed by atoms with van der Waals surface area (Å²) in [5.74, 6) is 0.909. The fraction of sp³-hybridized carbons (Fsp3) is 0.600. The van der Waals surface area contributed by atoms with Crippen molar-refractivity contribution in [2.45, 2.75) is 32.6 Å². The van der Waals surface area contributed by atoms with Crippen molar-refractivity contribution in [3.8, 4) is 0 Å². The minimum absolute atomic E-state index is 0.730. The fourth-order valence-corrected chi connectivity index (χ4v) is 2.60. The molecule has 1 aromatic carbocycles. The average molecular weight is 232 g/mol. The lowest BCUT2D eigenvalue weighted by Gasteiger charge is -2.32. The summed E-state index contributed by atoms with van der Waals surface area (Å²) >= 11 is 0. The van der Waals surface area contributed by atoms with Crippen molar-refractivity contribution in [2.24, 2.45) is 11.7 Å². The predicted octanol–water partition coefficient (Wildman–Crippen LogP) is 2.73. The number of nitrogens with zero attached hydrogens (tertiary/aromatic N) is 1. The summed E-state index contributed by atoms with van der Waals surface area (Å²) in [5.41, 5.74) is 9.79. The van der Waals surface area contributed by atoms with E-state index in [2.05, 4.69) is 37.1 Å². The van der Waals surface area contributed by atoms with Gasteiger partial charge in [-0.25, -0.2) is 0 Å². The summed E-state index contributed by atoms with van der Waals surface area (Å²) in [7, 11) is 2.21. The maximum Gasteiger partial charge on any atom is 0.0396 e. The van der Waals surface area contributed by atoms with Gasteiger partial charge in [0.25, 0.3) is 0 Å². The lowest BCUT2D eigenvalue weighted by Crippen LogP contribution is -2.30. The highest BCUT2D eigenvalue weighted by atomic mass is 15.1. The molecule has 1 fully saturated rings. The van der Waals surface area contributed by atoms with Crippen LogP contribution in [-0.2, 0) is 6.42 Å². The zero-order valence-electron chi connectivity index (χ0n) is 11.1. The molecule has 0 bridgehead atoms. The van der Waals surface area contributed by atoms with Crippen molar-refractivity contribution in [1.82, 2.24) is 0 Å². The van der Waals surface area contributed by atoms with Crippen LogP contribution < -0.4 is 10.6 Å². The molecule has 0 aromatic heterocycles. The lowest BCUT2D eigenvalue weighted by atomic mass is 9.85. The second-order valence-corrected chi connectivity index (χ2v) is 5.35. The van der Waals surface area contributed by atoms with Gasteiger partial charge in [0.15, 0.2) is 0 Å². The number of benzene rings is 1. The lowest BCUT2D eigenvalue weighted by molar-refractivity contribution is 0.321. The predicted molar refractivity (Wildman–Crippen MR) is 74.5 cm³/mol. The SMILES string of the molecule is Cc1ccc(N(C)CC2CCC2)c(CCN)c1. The number of hydrogen-bond donors (Lipinski definition) is 1. The van der Waals surface area contributed by atoms with E-state index < -0.39 is 0 Å². The van der Waals surface area contributed by atoms with E-state index in [-0.39, 0.29) is 0 Å². The van der Waals surface area contributed by atoms with Gasteiger partial charge in [-0.2, -0.15) is 0 Å². The second kappa shape index (κ2) is 5.54. The minimum Gasteiger partial charge on any atom is -0.374 e. The third kappa shape index (κ3) is 3.01. The van der Waals surface area contributed by atoms with Crippen molar-refractivity contribution in [3.63, 3.8) is 0 Å².